The molecule has 0 atom stereocenters. The average Bonchev–Trinajstić information content (AvgIpc) is 2.29. The molecule has 3 heteroatoms. The number of rotatable bonds is 6. The molecule has 0 unspecified atom stereocenters. The minimum atomic E-state index is 0.00981. The van der Waals surface area contributed by atoms with Crippen molar-refractivity contribution >= 4 is 0 Å². The predicted octanol–water partition coefficient (Wildman–Crippen LogP) is 2.47. The molecule has 1 N–H and O–H groups in total. The standard InChI is InChI=1S/C14H23NO2/c1-11-6-7-13(17-5)12(8-11)14(2,3)9-15-10-16-4/h6-8,15H,9-10H2,1-5H3. The van der Waals surface area contributed by atoms with Crippen LogP contribution in [-0.2, 0) is 10.2 Å². The van der Waals surface area contributed by atoms with E-state index in [2.05, 4.69) is 38.2 Å². The molecule has 0 saturated heterocycles. The van der Waals surface area contributed by atoms with Crippen LogP contribution in [0.2, 0.25) is 0 Å². The summed E-state index contributed by atoms with van der Waals surface area (Å²) in [7, 11) is 3.40. The van der Waals surface area contributed by atoms with Crippen molar-refractivity contribution in [3.8, 4) is 5.75 Å². The van der Waals surface area contributed by atoms with E-state index in [1.807, 2.05) is 6.07 Å². The maximum atomic E-state index is 5.43. The second kappa shape index (κ2) is 6.03. The summed E-state index contributed by atoms with van der Waals surface area (Å²) in [4.78, 5) is 0. The lowest BCUT2D eigenvalue weighted by Crippen LogP contribution is -2.34. The lowest BCUT2D eigenvalue weighted by atomic mass is 9.83. The van der Waals surface area contributed by atoms with Crippen LogP contribution in [-0.4, -0.2) is 27.5 Å². The summed E-state index contributed by atoms with van der Waals surface area (Å²) in [6.07, 6.45) is 0. The van der Waals surface area contributed by atoms with Gasteiger partial charge in [-0.2, -0.15) is 0 Å². The molecule has 0 aliphatic heterocycles. The zero-order valence-electron chi connectivity index (χ0n) is 11.5. The Bertz CT molecular complexity index is 361. The number of methoxy groups -OCH3 is 2. The summed E-state index contributed by atoms with van der Waals surface area (Å²) in [6, 6.07) is 6.29. The summed E-state index contributed by atoms with van der Waals surface area (Å²) >= 11 is 0. The van der Waals surface area contributed by atoms with Crippen LogP contribution in [0.5, 0.6) is 5.75 Å². The molecule has 0 bridgehead atoms. The number of nitrogens with one attached hydrogen (secondary N) is 1. The first-order valence-electron chi connectivity index (χ1n) is 5.86. The molecule has 17 heavy (non-hydrogen) atoms. The third-order valence-electron chi connectivity index (χ3n) is 2.90. The Morgan fingerprint density at radius 3 is 2.53 bits per heavy atom. The van der Waals surface area contributed by atoms with Gasteiger partial charge in [-0.15, -0.1) is 0 Å². The second-order valence-corrected chi connectivity index (χ2v) is 4.95. The van der Waals surface area contributed by atoms with E-state index in [0.717, 1.165) is 12.3 Å². The molecule has 0 amide bonds. The van der Waals surface area contributed by atoms with E-state index < -0.39 is 0 Å². The van der Waals surface area contributed by atoms with Crippen molar-refractivity contribution in [1.29, 1.82) is 0 Å². The summed E-state index contributed by atoms with van der Waals surface area (Å²) in [6.45, 7) is 7.92. The van der Waals surface area contributed by atoms with E-state index >= 15 is 0 Å². The van der Waals surface area contributed by atoms with Gasteiger partial charge in [0.25, 0.3) is 0 Å². The molecule has 0 saturated carbocycles. The predicted molar refractivity (Wildman–Crippen MR) is 70.6 cm³/mol. The molecule has 1 aromatic rings. The van der Waals surface area contributed by atoms with Gasteiger partial charge in [0.2, 0.25) is 0 Å². The Morgan fingerprint density at radius 2 is 1.94 bits per heavy atom. The minimum absolute atomic E-state index is 0.00981. The fourth-order valence-corrected chi connectivity index (χ4v) is 1.91. The molecule has 0 radical (unpaired) electrons. The molecular weight excluding hydrogens is 214 g/mol. The van der Waals surface area contributed by atoms with E-state index in [-0.39, 0.29) is 5.41 Å². The van der Waals surface area contributed by atoms with Crippen molar-refractivity contribution in [3.63, 3.8) is 0 Å². The molecule has 0 aliphatic rings. The Morgan fingerprint density at radius 1 is 1.24 bits per heavy atom. The SMILES string of the molecule is COCNCC(C)(C)c1cc(C)ccc1OC. The Hall–Kier alpha value is -1.06. The van der Waals surface area contributed by atoms with Gasteiger partial charge in [0, 0.05) is 24.6 Å². The molecular formula is C14H23NO2. The largest absolute Gasteiger partial charge is 0.496 e. The zero-order valence-corrected chi connectivity index (χ0v) is 11.5. The normalized spacial score (nSPS) is 11.6. The molecule has 0 aromatic heterocycles. The third kappa shape index (κ3) is 3.72. The van der Waals surface area contributed by atoms with Crippen LogP contribution in [0, 0.1) is 6.92 Å². The first-order valence-corrected chi connectivity index (χ1v) is 5.86. The van der Waals surface area contributed by atoms with E-state index in [9.17, 15) is 0 Å². The van der Waals surface area contributed by atoms with Crippen molar-refractivity contribution in [1.82, 2.24) is 5.32 Å². The van der Waals surface area contributed by atoms with Crippen LogP contribution in [0.25, 0.3) is 0 Å². The van der Waals surface area contributed by atoms with E-state index in [1.54, 1.807) is 14.2 Å². The van der Waals surface area contributed by atoms with Gasteiger partial charge in [-0.1, -0.05) is 31.5 Å². The lowest BCUT2D eigenvalue weighted by Gasteiger charge is -2.27. The smallest absolute Gasteiger partial charge is 0.122 e. The quantitative estimate of drug-likeness (QED) is 0.609. The van der Waals surface area contributed by atoms with Crippen molar-refractivity contribution in [2.24, 2.45) is 0 Å². The van der Waals surface area contributed by atoms with Crippen LogP contribution in [0.3, 0.4) is 0 Å². The minimum Gasteiger partial charge on any atom is -0.496 e. The van der Waals surface area contributed by atoms with Gasteiger partial charge in [-0.05, 0) is 13.0 Å². The van der Waals surface area contributed by atoms with E-state index in [1.165, 1.54) is 11.1 Å². The first-order chi connectivity index (χ1) is 8.01. The highest BCUT2D eigenvalue weighted by Crippen LogP contribution is 2.31. The number of hydrogen-bond acceptors (Lipinski definition) is 3. The Kier molecular flexibility index (Phi) is 4.97. The highest BCUT2D eigenvalue weighted by Gasteiger charge is 2.24. The topological polar surface area (TPSA) is 30.5 Å². The molecule has 0 fully saturated rings. The fourth-order valence-electron chi connectivity index (χ4n) is 1.91. The Labute approximate surface area is 104 Å². The molecule has 1 aromatic carbocycles. The molecule has 0 heterocycles. The van der Waals surface area contributed by atoms with Crippen LogP contribution < -0.4 is 10.1 Å². The summed E-state index contributed by atoms with van der Waals surface area (Å²) in [5.41, 5.74) is 2.49. The fraction of sp³-hybridized carbons (Fsp3) is 0.571. The van der Waals surface area contributed by atoms with Crippen LogP contribution in [0.1, 0.15) is 25.0 Å². The average molecular weight is 237 g/mol. The highest BCUT2D eigenvalue weighted by molar-refractivity contribution is 5.41. The Balaban J connectivity index is 2.91. The second-order valence-electron chi connectivity index (χ2n) is 4.95. The highest BCUT2D eigenvalue weighted by atomic mass is 16.5. The van der Waals surface area contributed by atoms with Crippen LogP contribution >= 0.6 is 0 Å². The van der Waals surface area contributed by atoms with Gasteiger partial charge in [0.15, 0.2) is 0 Å². The van der Waals surface area contributed by atoms with Gasteiger partial charge in [0.05, 0.1) is 13.8 Å². The summed E-state index contributed by atoms with van der Waals surface area (Å²) in [5, 5.41) is 3.27. The molecule has 0 aliphatic carbocycles. The van der Waals surface area contributed by atoms with Crippen molar-refractivity contribution < 1.29 is 9.47 Å². The van der Waals surface area contributed by atoms with Gasteiger partial charge >= 0.3 is 0 Å². The van der Waals surface area contributed by atoms with Gasteiger partial charge in [-0.3, -0.25) is 5.32 Å². The maximum Gasteiger partial charge on any atom is 0.122 e. The first kappa shape index (κ1) is 14.0. The van der Waals surface area contributed by atoms with Gasteiger partial charge in [-0.25, -0.2) is 0 Å². The van der Waals surface area contributed by atoms with Crippen molar-refractivity contribution in [2.45, 2.75) is 26.2 Å². The molecule has 96 valence electrons. The third-order valence-corrected chi connectivity index (χ3v) is 2.90. The number of ether oxygens (including phenoxy) is 2. The van der Waals surface area contributed by atoms with E-state index in [4.69, 9.17) is 9.47 Å². The number of benzene rings is 1. The molecule has 3 nitrogen and oxygen atoms in total. The van der Waals surface area contributed by atoms with Crippen LogP contribution in [0.4, 0.5) is 0 Å². The number of aryl methyl sites for hydroxylation is 1. The number of hydrogen-bond donors (Lipinski definition) is 1. The monoisotopic (exact) mass is 237 g/mol. The zero-order chi connectivity index (χ0) is 12.9. The lowest BCUT2D eigenvalue weighted by molar-refractivity contribution is 0.169. The van der Waals surface area contributed by atoms with Gasteiger partial charge in [0.1, 0.15) is 5.75 Å². The van der Waals surface area contributed by atoms with Crippen molar-refractivity contribution in [3.05, 3.63) is 29.3 Å². The summed E-state index contributed by atoms with van der Waals surface area (Å²) < 4.78 is 10.4. The van der Waals surface area contributed by atoms with Gasteiger partial charge < -0.3 is 9.47 Å². The summed E-state index contributed by atoms with van der Waals surface area (Å²) in [5.74, 6) is 0.944. The maximum absolute atomic E-state index is 5.43. The van der Waals surface area contributed by atoms with Crippen molar-refractivity contribution in [2.75, 3.05) is 27.5 Å². The molecule has 0 spiro atoms. The van der Waals surface area contributed by atoms with Crippen LogP contribution in [0.15, 0.2) is 18.2 Å². The van der Waals surface area contributed by atoms with E-state index in [0.29, 0.717) is 6.73 Å². The molecule has 1 rings (SSSR count).